The summed E-state index contributed by atoms with van der Waals surface area (Å²) in [5.74, 6) is -1.12. The zero-order valence-corrected chi connectivity index (χ0v) is 17.2. The van der Waals surface area contributed by atoms with Crippen molar-refractivity contribution in [3.8, 4) is 11.6 Å². The highest BCUT2D eigenvalue weighted by molar-refractivity contribution is 7.92. The molecule has 0 saturated carbocycles. The van der Waals surface area contributed by atoms with Crippen molar-refractivity contribution in [3.05, 3.63) is 45.5 Å². The first kappa shape index (κ1) is 22.5. The molecule has 0 N–H and O–H groups in total. The van der Waals surface area contributed by atoms with E-state index >= 15 is 0 Å². The van der Waals surface area contributed by atoms with Gasteiger partial charge >= 0.3 is 17.2 Å². The smallest absolute Gasteiger partial charge is 0.404 e. The minimum Gasteiger partial charge on any atom is -0.404 e. The number of sulfone groups is 1. The summed E-state index contributed by atoms with van der Waals surface area (Å²) >= 11 is 6.10. The fourth-order valence-electron chi connectivity index (χ4n) is 2.49. The molecule has 2 heterocycles. The van der Waals surface area contributed by atoms with Crippen LogP contribution in [0.15, 0.2) is 34.1 Å². The lowest BCUT2D eigenvalue weighted by Crippen LogP contribution is -2.29. The largest absolute Gasteiger partial charge is 0.501 e. The van der Waals surface area contributed by atoms with Gasteiger partial charge in [0.15, 0.2) is 0 Å². The van der Waals surface area contributed by atoms with E-state index in [2.05, 4.69) is 15.5 Å². The fourth-order valence-corrected chi connectivity index (χ4v) is 3.81. The number of hydrogen-bond donors (Lipinski definition) is 0. The van der Waals surface area contributed by atoms with E-state index in [1.807, 2.05) is 0 Å². The molecular formula is C15H12ClF3N6O5S. The number of ether oxygens (including phenoxy) is 1. The van der Waals surface area contributed by atoms with Gasteiger partial charge < -0.3 is 4.74 Å². The van der Waals surface area contributed by atoms with E-state index in [1.54, 1.807) is 6.92 Å². The summed E-state index contributed by atoms with van der Waals surface area (Å²) in [5.41, 5.74) is -8.32. The van der Waals surface area contributed by atoms with Crippen molar-refractivity contribution >= 4 is 27.4 Å². The van der Waals surface area contributed by atoms with Crippen LogP contribution in [0.3, 0.4) is 0 Å². The van der Waals surface area contributed by atoms with Gasteiger partial charge in [-0.2, -0.15) is 27.6 Å². The highest BCUT2D eigenvalue weighted by Crippen LogP contribution is 2.37. The van der Waals surface area contributed by atoms with Gasteiger partial charge in [-0.15, -0.1) is 0 Å². The quantitative estimate of drug-likeness (QED) is 0.500. The van der Waals surface area contributed by atoms with Crippen LogP contribution in [0.5, 0.6) is 5.88 Å². The van der Waals surface area contributed by atoms with Gasteiger partial charge in [-0.25, -0.2) is 22.7 Å². The number of alkyl halides is 3. The summed E-state index contributed by atoms with van der Waals surface area (Å²) in [7, 11) is -4.85. The SMILES string of the molecule is CCn1nccc1OC(=O)c1ccc(S(=O)(=O)C(F)(F)F)c(-n2nnn(C)c2=O)c1Cl. The predicted molar refractivity (Wildman–Crippen MR) is 97.7 cm³/mol. The van der Waals surface area contributed by atoms with E-state index in [0.717, 1.165) is 13.1 Å². The van der Waals surface area contributed by atoms with Gasteiger partial charge in [0.2, 0.25) is 5.88 Å². The van der Waals surface area contributed by atoms with E-state index in [9.17, 15) is 31.2 Å². The maximum Gasteiger partial charge on any atom is 0.501 e. The van der Waals surface area contributed by atoms with E-state index in [4.69, 9.17) is 16.3 Å². The highest BCUT2D eigenvalue weighted by Gasteiger charge is 2.49. The van der Waals surface area contributed by atoms with Crippen molar-refractivity contribution in [2.75, 3.05) is 0 Å². The van der Waals surface area contributed by atoms with Crippen LogP contribution in [0.1, 0.15) is 17.3 Å². The van der Waals surface area contributed by atoms with Gasteiger partial charge in [-0.05, 0) is 29.5 Å². The molecule has 0 unspecified atom stereocenters. The summed E-state index contributed by atoms with van der Waals surface area (Å²) in [5, 5.41) is 9.76. The molecule has 16 heteroatoms. The van der Waals surface area contributed by atoms with Crippen molar-refractivity contribution < 1.29 is 31.1 Å². The molecule has 0 atom stereocenters. The predicted octanol–water partition coefficient (Wildman–Crippen LogP) is 1.35. The number of tetrazole rings is 1. The Morgan fingerprint density at radius 3 is 2.45 bits per heavy atom. The first-order valence-electron chi connectivity index (χ1n) is 8.27. The molecule has 0 radical (unpaired) electrons. The summed E-state index contributed by atoms with van der Waals surface area (Å²) in [6, 6.07) is 2.57. The number of benzene rings is 1. The lowest BCUT2D eigenvalue weighted by molar-refractivity contribution is -0.0436. The molecule has 0 aliphatic rings. The van der Waals surface area contributed by atoms with Crippen molar-refractivity contribution in [1.29, 1.82) is 0 Å². The molecule has 0 spiro atoms. The Balaban J connectivity index is 2.23. The van der Waals surface area contributed by atoms with Crippen LogP contribution >= 0.6 is 11.6 Å². The summed E-state index contributed by atoms with van der Waals surface area (Å²) in [6.07, 6.45) is 1.34. The first-order valence-corrected chi connectivity index (χ1v) is 10.1. The maximum atomic E-state index is 13.2. The summed E-state index contributed by atoms with van der Waals surface area (Å²) in [6.45, 7) is 2.05. The zero-order chi connectivity index (χ0) is 23.1. The Hall–Kier alpha value is -3.20. The molecule has 11 nitrogen and oxygen atoms in total. The molecule has 0 bridgehead atoms. The van der Waals surface area contributed by atoms with E-state index < -0.39 is 48.2 Å². The number of esters is 1. The van der Waals surface area contributed by atoms with Gasteiger partial charge in [0.05, 0.1) is 16.8 Å². The lowest BCUT2D eigenvalue weighted by atomic mass is 10.2. The van der Waals surface area contributed by atoms with Crippen LogP contribution in [0.4, 0.5) is 13.2 Å². The molecule has 0 aliphatic heterocycles. The molecule has 1 aromatic carbocycles. The van der Waals surface area contributed by atoms with Crippen LogP contribution in [0.25, 0.3) is 5.69 Å². The Kier molecular flexibility index (Phi) is 5.66. The summed E-state index contributed by atoms with van der Waals surface area (Å²) in [4.78, 5) is 23.4. The van der Waals surface area contributed by atoms with Crippen molar-refractivity contribution in [2.24, 2.45) is 7.05 Å². The Morgan fingerprint density at radius 1 is 1.23 bits per heavy atom. The third-order valence-corrected chi connectivity index (χ3v) is 5.90. The fraction of sp³-hybridized carbons (Fsp3) is 0.267. The second-order valence-corrected chi connectivity index (χ2v) is 8.18. The highest BCUT2D eigenvalue weighted by atomic mass is 35.5. The van der Waals surface area contributed by atoms with E-state index in [-0.39, 0.29) is 10.6 Å². The number of aromatic nitrogens is 6. The molecule has 31 heavy (non-hydrogen) atoms. The minimum absolute atomic E-state index is 0.00813. The molecule has 2 aromatic heterocycles. The number of aryl methyl sites for hydroxylation is 2. The average Bonchev–Trinajstić information content (AvgIpc) is 3.27. The van der Waals surface area contributed by atoms with Crippen LogP contribution < -0.4 is 10.4 Å². The molecule has 0 amide bonds. The van der Waals surface area contributed by atoms with Gasteiger partial charge in [-0.1, -0.05) is 11.6 Å². The monoisotopic (exact) mass is 480 g/mol. The van der Waals surface area contributed by atoms with Crippen LogP contribution in [-0.4, -0.2) is 49.5 Å². The van der Waals surface area contributed by atoms with Gasteiger partial charge in [0.25, 0.3) is 9.84 Å². The molecule has 0 saturated heterocycles. The van der Waals surface area contributed by atoms with E-state index in [1.165, 1.54) is 16.9 Å². The Labute approximate surface area is 176 Å². The van der Waals surface area contributed by atoms with Crippen LogP contribution in [0, 0.1) is 0 Å². The summed E-state index contributed by atoms with van der Waals surface area (Å²) < 4.78 is 71.0. The number of rotatable bonds is 5. The van der Waals surface area contributed by atoms with Gasteiger partial charge in [0, 0.05) is 19.7 Å². The molecule has 0 aliphatic carbocycles. The Bertz CT molecular complexity index is 1330. The Morgan fingerprint density at radius 2 is 1.90 bits per heavy atom. The maximum absolute atomic E-state index is 13.2. The second-order valence-electron chi connectivity index (χ2n) is 5.89. The zero-order valence-electron chi connectivity index (χ0n) is 15.7. The number of nitrogens with zero attached hydrogens (tertiary/aromatic N) is 6. The molecule has 0 fully saturated rings. The lowest BCUT2D eigenvalue weighted by Gasteiger charge is -2.15. The van der Waals surface area contributed by atoms with Gasteiger partial charge in [-0.3, -0.25) is 0 Å². The molecule has 3 rings (SSSR count). The van der Waals surface area contributed by atoms with Crippen molar-refractivity contribution in [1.82, 2.24) is 29.6 Å². The number of hydrogen-bond acceptors (Lipinski definition) is 8. The van der Waals surface area contributed by atoms with Crippen LogP contribution in [-0.2, 0) is 23.4 Å². The van der Waals surface area contributed by atoms with E-state index in [0.29, 0.717) is 17.3 Å². The molecule has 166 valence electrons. The molecule has 3 aromatic rings. The average molecular weight is 481 g/mol. The number of carbonyl (C=O) groups excluding carboxylic acids is 1. The first-order chi connectivity index (χ1) is 14.4. The van der Waals surface area contributed by atoms with Crippen molar-refractivity contribution in [3.63, 3.8) is 0 Å². The second kappa shape index (κ2) is 7.81. The normalized spacial score (nSPS) is 12.2. The molecular weight excluding hydrogens is 469 g/mol. The number of carbonyl (C=O) groups is 1. The topological polar surface area (TPSA) is 131 Å². The standard InChI is InChI=1S/C15H12ClF3N6O5S/c1-3-24-10(6-7-20-24)30-13(26)8-4-5-9(31(28,29)15(17,18)19)12(11(8)16)25-14(27)23(2)21-22-25/h4-7H,3H2,1-2H3. The minimum atomic E-state index is -5.98. The van der Waals surface area contributed by atoms with Gasteiger partial charge in [0.1, 0.15) is 10.6 Å². The van der Waals surface area contributed by atoms with Crippen LogP contribution in [0.2, 0.25) is 5.02 Å². The van der Waals surface area contributed by atoms with Crippen molar-refractivity contribution in [2.45, 2.75) is 23.9 Å². The third-order valence-electron chi connectivity index (χ3n) is 4.00. The third kappa shape index (κ3) is 3.81. The number of halogens is 4.